The van der Waals surface area contributed by atoms with Crippen molar-refractivity contribution in [2.45, 2.75) is 301 Å². The fourth-order valence-corrected chi connectivity index (χ4v) is 8.32. The van der Waals surface area contributed by atoms with Gasteiger partial charge in [-0.15, -0.1) is 0 Å². The Labute approximate surface area is 379 Å². The highest BCUT2D eigenvalue weighted by Crippen LogP contribution is 2.16. The zero-order chi connectivity index (χ0) is 44.5. The third-order valence-electron chi connectivity index (χ3n) is 12.6. The van der Waals surface area contributed by atoms with E-state index in [-0.39, 0.29) is 0 Å². The van der Waals surface area contributed by atoms with Gasteiger partial charge in [0.1, 0.15) is 12.2 Å². The molecule has 6 nitrogen and oxygen atoms in total. The number of carbonyl (C=O) groups is 1. The number of hydrogen-bond donors (Lipinski definition) is 5. The Morgan fingerprint density at radius 1 is 0.410 bits per heavy atom. The van der Waals surface area contributed by atoms with Crippen LogP contribution in [0.2, 0.25) is 0 Å². The highest BCUT2D eigenvalue weighted by molar-refractivity contribution is 5.80. The number of hydrogen-bond acceptors (Lipinski definition) is 5. The molecule has 5 N–H and O–H groups in total. The Morgan fingerprint density at radius 3 is 1.08 bits per heavy atom. The van der Waals surface area contributed by atoms with E-state index in [0.717, 1.165) is 44.9 Å². The summed E-state index contributed by atoms with van der Waals surface area (Å²) in [7, 11) is 0. The molecule has 4 unspecified atom stereocenters. The van der Waals surface area contributed by atoms with Gasteiger partial charge >= 0.3 is 0 Å². The van der Waals surface area contributed by atoms with Gasteiger partial charge in [0.05, 0.1) is 18.8 Å². The molecule has 6 heteroatoms. The predicted molar refractivity (Wildman–Crippen MR) is 265 cm³/mol. The topological polar surface area (TPSA) is 110 Å². The van der Waals surface area contributed by atoms with Crippen LogP contribution in [0.4, 0.5) is 0 Å². The molecule has 0 aromatic carbocycles. The smallest absolute Gasteiger partial charge is 0.249 e. The number of nitrogens with one attached hydrogen (secondary N) is 1. The van der Waals surface area contributed by atoms with Gasteiger partial charge in [0.25, 0.3) is 0 Å². The van der Waals surface area contributed by atoms with E-state index in [2.05, 4.69) is 55.6 Å². The summed E-state index contributed by atoms with van der Waals surface area (Å²) in [5.74, 6) is -0.594. The Balaban J connectivity index is 3.69. The molecule has 0 bridgehead atoms. The fraction of sp³-hybridized carbons (Fsp3) is 0.873. The van der Waals surface area contributed by atoms with Crippen LogP contribution < -0.4 is 5.32 Å². The van der Waals surface area contributed by atoms with Crippen LogP contribution in [-0.2, 0) is 4.79 Å². The second-order valence-corrected chi connectivity index (χ2v) is 18.6. The van der Waals surface area contributed by atoms with E-state index in [1.165, 1.54) is 205 Å². The van der Waals surface area contributed by atoms with Gasteiger partial charge in [-0.1, -0.05) is 243 Å². The average Bonchev–Trinajstić information content (AvgIpc) is 3.26. The molecule has 0 aliphatic heterocycles. The van der Waals surface area contributed by atoms with Crippen molar-refractivity contribution in [1.29, 1.82) is 0 Å². The van der Waals surface area contributed by atoms with Gasteiger partial charge in [-0.05, 0) is 70.6 Å². The van der Waals surface area contributed by atoms with Crippen LogP contribution in [0.5, 0.6) is 0 Å². The molecule has 61 heavy (non-hydrogen) atoms. The summed E-state index contributed by atoms with van der Waals surface area (Å²) >= 11 is 0. The number of aliphatic hydroxyl groups excluding tert-OH is 4. The summed E-state index contributed by atoms with van der Waals surface area (Å²) in [6, 6.07) is -1.00. The van der Waals surface area contributed by atoms with Crippen molar-refractivity contribution >= 4 is 5.91 Å². The summed E-state index contributed by atoms with van der Waals surface area (Å²) < 4.78 is 0. The van der Waals surface area contributed by atoms with Crippen molar-refractivity contribution < 1.29 is 25.2 Å². The number of rotatable bonds is 49. The lowest BCUT2D eigenvalue weighted by Crippen LogP contribution is -2.53. The molecule has 0 aromatic heterocycles. The zero-order valence-corrected chi connectivity index (χ0v) is 40.7. The van der Waals surface area contributed by atoms with Crippen molar-refractivity contribution in [1.82, 2.24) is 5.32 Å². The molecule has 0 aliphatic rings. The Hall–Kier alpha value is -1.47. The van der Waals surface area contributed by atoms with E-state index in [1.54, 1.807) is 0 Å². The molecule has 0 fully saturated rings. The van der Waals surface area contributed by atoms with Crippen molar-refractivity contribution in [3.8, 4) is 0 Å². The third-order valence-corrected chi connectivity index (χ3v) is 12.6. The second-order valence-electron chi connectivity index (χ2n) is 18.6. The molecule has 0 aliphatic carbocycles. The van der Waals surface area contributed by atoms with Crippen LogP contribution >= 0.6 is 0 Å². The normalized spacial score (nSPS) is 14.1. The van der Waals surface area contributed by atoms with Gasteiger partial charge in [-0.25, -0.2) is 0 Å². The Kier molecular flexibility index (Phi) is 48.3. The highest BCUT2D eigenvalue weighted by Gasteiger charge is 2.28. The molecule has 0 heterocycles. The number of amides is 1. The van der Waals surface area contributed by atoms with Crippen LogP contribution in [0.15, 0.2) is 36.5 Å². The molecule has 4 atom stereocenters. The number of allylic oxidation sites excluding steroid dienone is 6. The maximum absolute atomic E-state index is 12.6. The maximum atomic E-state index is 12.6. The molecule has 0 radical (unpaired) electrons. The van der Waals surface area contributed by atoms with Gasteiger partial charge in [-0.3, -0.25) is 4.79 Å². The van der Waals surface area contributed by atoms with Crippen LogP contribution in [0.25, 0.3) is 0 Å². The molecule has 0 rings (SSSR count). The molecule has 0 saturated heterocycles. The molecular weight excluding hydrogens is 755 g/mol. The quantitative estimate of drug-likeness (QED) is 0.0309. The summed E-state index contributed by atoms with van der Waals surface area (Å²) in [6.07, 6.45) is 60.6. The zero-order valence-electron chi connectivity index (χ0n) is 40.7. The first-order valence-electron chi connectivity index (χ1n) is 26.9. The van der Waals surface area contributed by atoms with E-state index in [9.17, 15) is 25.2 Å². The van der Waals surface area contributed by atoms with Gasteiger partial charge < -0.3 is 25.7 Å². The first-order chi connectivity index (χ1) is 30.0. The molecular formula is C55H105NO5. The molecule has 1 amide bonds. The standard InChI is InChI=1S/C55H105NO5/c1-3-5-7-9-11-13-15-17-19-21-23-24-25-26-27-28-29-31-33-35-37-39-41-43-45-47-49-53(59)55(61)56-51(50-57)54(60)52(58)48-46-44-42-40-38-36-34-32-30-22-20-18-16-14-12-10-8-6-4-2/h23-24,26-27,40,42,51-54,57-60H,3-22,25,28-39,41,43-50H2,1-2H3,(H,56,61)/b24-23-,27-26-,42-40+. The van der Waals surface area contributed by atoms with Crippen molar-refractivity contribution in [3.63, 3.8) is 0 Å². The third kappa shape index (κ3) is 43.6. The van der Waals surface area contributed by atoms with Gasteiger partial charge in [0.15, 0.2) is 0 Å². The highest BCUT2D eigenvalue weighted by atomic mass is 16.3. The summed E-state index contributed by atoms with van der Waals surface area (Å²) in [5.41, 5.74) is 0. The van der Waals surface area contributed by atoms with Crippen LogP contribution in [0, 0.1) is 0 Å². The molecule has 0 aromatic rings. The van der Waals surface area contributed by atoms with Gasteiger partial charge in [0.2, 0.25) is 5.91 Å². The molecule has 0 saturated carbocycles. The van der Waals surface area contributed by atoms with Gasteiger partial charge in [0, 0.05) is 0 Å². The lowest BCUT2D eigenvalue weighted by atomic mass is 10.00. The van der Waals surface area contributed by atoms with E-state index >= 15 is 0 Å². The van der Waals surface area contributed by atoms with E-state index < -0.39 is 36.9 Å². The van der Waals surface area contributed by atoms with E-state index in [1.807, 2.05) is 0 Å². The SMILES string of the molecule is CCCCCCCCCCC/C=C\C/C=C\CCCCCCCCCCCCC(O)C(=O)NC(CO)C(O)C(O)CCC/C=C/CCCCCCCCCCCCCCCC. The van der Waals surface area contributed by atoms with Crippen LogP contribution in [0.1, 0.15) is 277 Å². The largest absolute Gasteiger partial charge is 0.394 e. The minimum Gasteiger partial charge on any atom is -0.394 e. The number of aliphatic hydroxyl groups is 4. The van der Waals surface area contributed by atoms with Crippen molar-refractivity contribution in [2.24, 2.45) is 0 Å². The lowest BCUT2D eigenvalue weighted by molar-refractivity contribution is -0.132. The van der Waals surface area contributed by atoms with Crippen molar-refractivity contribution in [2.75, 3.05) is 6.61 Å². The Morgan fingerprint density at radius 2 is 0.721 bits per heavy atom. The fourth-order valence-electron chi connectivity index (χ4n) is 8.32. The van der Waals surface area contributed by atoms with Crippen molar-refractivity contribution in [3.05, 3.63) is 36.5 Å². The maximum Gasteiger partial charge on any atom is 0.249 e. The second kappa shape index (κ2) is 49.5. The first kappa shape index (κ1) is 59.5. The molecule has 0 spiro atoms. The van der Waals surface area contributed by atoms with Crippen LogP contribution in [-0.4, -0.2) is 57.3 Å². The van der Waals surface area contributed by atoms with E-state index in [4.69, 9.17) is 0 Å². The van der Waals surface area contributed by atoms with Gasteiger partial charge in [-0.2, -0.15) is 0 Å². The lowest BCUT2D eigenvalue weighted by Gasteiger charge is -2.27. The number of unbranched alkanes of at least 4 members (excludes halogenated alkanes) is 34. The van der Waals surface area contributed by atoms with Crippen LogP contribution in [0.3, 0.4) is 0 Å². The monoisotopic (exact) mass is 860 g/mol. The Bertz CT molecular complexity index is 966. The molecule has 360 valence electrons. The summed E-state index contributed by atoms with van der Waals surface area (Å²) in [5, 5.41) is 43.9. The predicted octanol–water partition coefficient (Wildman–Crippen LogP) is 15.2. The minimum atomic E-state index is -1.28. The average molecular weight is 860 g/mol. The number of carbonyl (C=O) groups excluding carboxylic acids is 1. The summed E-state index contributed by atoms with van der Waals surface area (Å²) in [4.78, 5) is 12.6. The first-order valence-corrected chi connectivity index (χ1v) is 26.9. The van der Waals surface area contributed by atoms with E-state index in [0.29, 0.717) is 12.8 Å². The summed E-state index contributed by atoms with van der Waals surface area (Å²) in [6.45, 7) is 4.06. The minimum absolute atomic E-state index is 0.360.